The van der Waals surface area contributed by atoms with Crippen molar-refractivity contribution in [3.63, 3.8) is 0 Å². The lowest BCUT2D eigenvalue weighted by Gasteiger charge is -1.98. The molecule has 1 nitrogen and oxygen atoms in total. The molecule has 0 saturated heterocycles. The fourth-order valence-electron chi connectivity index (χ4n) is 1.24. The molecule has 0 aromatic heterocycles. The van der Waals surface area contributed by atoms with Crippen molar-refractivity contribution in [2.24, 2.45) is 4.99 Å². The summed E-state index contributed by atoms with van der Waals surface area (Å²) in [5.74, 6) is 0. The molecule has 1 atom stereocenters. The van der Waals surface area contributed by atoms with Gasteiger partial charge in [0.2, 0.25) is 0 Å². The topological polar surface area (TPSA) is 12.4 Å². The minimum atomic E-state index is 0.339. The number of allylic oxidation sites excluding steroid dienone is 4. The van der Waals surface area contributed by atoms with E-state index in [0.717, 1.165) is 5.71 Å². The van der Waals surface area contributed by atoms with Crippen molar-refractivity contribution in [2.45, 2.75) is 26.8 Å². The molecule has 12 heavy (non-hydrogen) atoms. The second-order valence-corrected chi connectivity index (χ2v) is 2.98. The standard InChI is InChI=1S/C11H15N/c1-4-5-6-7-11-8-9(2)12-10(11)3/h4-8,10H,1-3H3. The normalized spacial score (nSPS) is 23.8. The van der Waals surface area contributed by atoms with Crippen LogP contribution in [-0.2, 0) is 0 Å². The summed E-state index contributed by atoms with van der Waals surface area (Å²) in [5, 5.41) is 0. The van der Waals surface area contributed by atoms with Gasteiger partial charge in [-0.05, 0) is 32.4 Å². The van der Waals surface area contributed by atoms with Gasteiger partial charge in [0, 0.05) is 5.71 Å². The first kappa shape index (κ1) is 8.98. The summed E-state index contributed by atoms with van der Waals surface area (Å²) in [4.78, 5) is 4.40. The van der Waals surface area contributed by atoms with Crippen LogP contribution in [0, 0.1) is 0 Å². The van der Waals surface area contributed by atoms with E-state index >= 15 is 0 Å². The maximum Gasteiger partial charge on any atom is 0.0724 e. The average Bonchev–Trinajstić information content (AvgIpc) is 2.31. The van der Waals surface area contributed by atoms with Crippen LogP contribution >= 0.6 is 0 Å². The summed E-state index contributed by atoms with van der Waals surface area (Å²) in [6.45, 7) is 6.16. The van der Waals surface area contributed by atoms with Crippen LogP contribution < -0.4 is 0 Å². The first-order valence-corrected chi connectivity index (χ1v) is 4.29. The molecule has 0 fully saturated rings. The van der Waals surface area contributed by atoms with Gasteiger partial charge in [0.25, 0.3) is 0 Å². The molecule has 0 saturated carbocycles. The fraction of sp³-hybridized carbons (Fsp3) is 0.364. The molecule has 0 N–H and O–H groups in total. The Kier molecular flexibility index (Phi) is 3.03. The van der Waals surface area contributed by atoms with Crippen LogP contribution in [0.15, 0.2) is 40.9 Å². The van der Waals surface area contributed by atoms with Crippen molar-refractivity contribution < 1.29 is 0 Å². The smallest absolute Gasteiger partial charge is 0.0724 e. The number of hydrogen-bond acceptors (Lipinski definition) is 1. The molecule has 0 amide bonds. The van der Waals surface area contributed by atoms with E-state index in [1.165, 1.54) is 5.57 Å². The number of nitrogens with zero attached hydrogens (tertiary/aromatic N) is 1. The zero-order valence-electron chi connectivity index (χ0n) is 7.91. The largest absolute Gasteiger partial charge is 0.282 e. The van der Waals surface area contributed by atoms with E-state index in [2.05, 4.69) is 30.1 Å². The molecule has 0 aromatic rings. The van der Waals surface area contributed by atoms with Crippen LogP contribution in [0.4, 0.5) is 0 Å². The van der Waals surface area contributed by atoms with Gasteiger partial charge in [0.1, 0.15) is 0 Å². The molecule has 1 heteroatoms. The van der Waals surface area contributed by atoms with E-state index in [4.69, 9.17) is 0 Å². The SMILES string of the molecule is CC=CC=CC1=CC(C)=NC1C. The van der Waals surface area contributed by atoms with Gasteiger partial charge < -0.3 is 0 Å². The summed E-state index contributed by atoms with van der Waals surface area (Å²) in [6.07, 6.45) is 10.3. The van der Waals surface area contributed by atoms with E-state index in [1.807, 2.05) is 26.0 Å². The highest BCUT2D eigenvalue weighted by molar-refractivity contribution is 5.96. The van der Waals surface area contributed by atoms with Crippen molar-refractivity contribution in [1.29, 1.82) is 0 Å². The van der Waals surface area contributed by atoms with Gasteiger partial charge in [0.05, 0.1) is 6.04 Å². The highest BCUT2D eigenvalue weighted by Gasteiger charge is 2.09. The summed E-state index contributed by atoms with van der Waals surface area (Å²) >= 11 is 0. The minimum Gasteiger partial charge on any atom is -0.282 e. The van der Waals surface area contributed by atoms with Crippen molar-refractivity contribution in [3.05, 3.63) is 36.0 Å². The molecule has 0 bridgehead atoms. The second-order valence-electron chi connectivity index (χ2n) is 2.98. The Balaban J connectivity index is 2.62. The molecular weight excluding hydrogens is 146 g/mol. The van der Waals surface area contributed by atoms with Crippen LogP contribution in [0.3, 0.4) is 0 Å². The summed E-state index contributed by atoms with van der Waals surface area (Å²) < 4.78 is 0. The van der Waals surface area contributed by atoms with Crippen molar-refractivity contribution in [1.82, 2.24) is 0 Å². The maximum atomic E-state index is 4.40. The molecule has 1 aliphatic heterocycles. The van der Waals surface area contributed by atoms with Crippen molar-refractivity contribution >= 4 is 5.71 Å². The monoisotopic (exact) mass is 161 g/mol. The van der Waals surface area contributed by atoms with Gasteiger partial charge in [-0.2, -0.15) is 0 Å². The predicted molar refractivity (Wildman–Crippen MR) is 54.6 cm³/mol. The molecule has 0 aromatic carbocycles. The summed E-state index contributed by atoms with van der Waals surface area (Å²) in [5.41, 5.74) is 2.42. The van der Waals surface area contributed by atoms with E-state index in [9.17, 15) is 0 Å². The molecule has 0 radical (unpaired) electrons. The van der Waals surface area contributed by atoms with Crippen LogP contribution in [-0.4, -0.2) is 11.8 Å². The molecule has 1 heterocycles. The van der Waals surface area contributed by atoms with Gasteiger partial charge in [-0.15, -0.1) is 0 Å². The second kappa shape index (κ2) is 4.05. The Labute approximate surface area is 74.2 Å². The van der Waals surface area contributed by atoms with Crippen molar-refractivity contribution in [2.75, 3.05) is 0 Å². The van der Waals surface area contributed by atoms with Crippen LogP contribution in [0.2, 0.25) is 0 Å². The Hall–Kier alpha value is -1.11. The number of rotatable bonds is 2. The Morgan fingerprint density at radius 2 is 2.17 bits per heavy atom. The molecule has 1 rings (SSSR count). The Bertz CT molecular complexity index is 267. The lowest BCUT2D eigenvalue weighted by atomic mass is 10.1. The van der Waals surface area contributed by atoms with E-state index in [-0.39, 0.29) is 0 Å². The Morgan fingerprint density at radius 1 is 1.42 bits per heavy atom. The highest BCUT2D eigenvalue weighted by atomic mass is 14.8. The van der Waals surface area contributed by atoms with Crippen LogP contribution in [0.1, 0.15) is 20.8 Å². The van der Waals surface area contributed by atoms with Gasteiger partial charge >= 0.3 is 0 Å². The lowest BCUT2D eigenvalue weighted by Crippen LogP contribution is -1.94. The first-order valence-electron chi connectivity index (χ1n) is 4.29. The molecular formula is C11H15N. The Morgan fingerprint density at radius 3 is 2.67 bits per heavy atom. The van der Waals surface area contributed by atoms with Gasteiger partial charge in [-0.1, -0.05) is 24.3 Å². The molecule has 0 spiro atoms. The fourth-order valence-corrected chi connectivity index (χ4v) is 1.24. The molecule has 64 valence electrons. The third-order valence-electron chi connectivity index (χ3n) is 1.85. The summed E-state index contributed by atoms with van der Waals surface area (Å²) in [7, 11) is 0. The zero-order valence-corrected chi connectivity index (χ0v) is 7.91. The van der Waals surface area contributed by atoms with Crippen LogP contribution in [0.5, 0.6) is 0 Å². The van der Waals surface area contributed by atoms with E-state index in [1.54, 1.807) is 0 Å². The average molecular weight is 161 g/mol. The van der Waals surface area contributed by atoms with Gasteiger partial charge in [0.15, 0.2) is 0 Å². The maximum absolute atomic E-state index is 4.40. The van der Waals surface area contributed by atoms with Crippen molar-refractivity contribution in [3.8, 4) is 0 Å². The molecule has 1 aliphatic rings. The quantitative estimate of drug-likeness (QED) is 0.552. The minimum absolute atomic E-state index is 0.339. The molecule has 0 aliphatic carbocycles. The lowest BCUT2D eigenvalue weighted by molar-refractivity contribution is 0.907. The zero-order chi connectivity index (χ0) is 8.97. The van der Waals surface area contributed by atoms with Gasteiger partial charge in [-0.3, -0.25) is 4.99 Å². The third-order valence-corrected chi connectivity index (χ3v) is 1.85. The first-order chi connectivity index (χ1) is 5.74. The predicted octanol–water partition coefficient (Wildman–Crippen LogP) is 2.91. The molecule has 1 unspecified atom stereocenters. The summed E-state index contributed by atoms with van der Waals surface area (Å²) in [6, 6.07) is 0.339. The number of aliphatic imine (C=N–C) groups is 1. The third kappa shape index (κ3) is 2.19. The van der Waals surface area contributed by atoms with E-state index < -0.39 is 0 Å². The van der Waals surface area contributed by atoms with Gasteiger partial charge in [-0.25, -0.2) is 0 Å². The number of hydrogen-bond donors (Lipinski definition) is 0. The van der Waals surface area contributed by atoms with Crippen LogP contribution in [0.25, 0.3) is 0 Å². The highest BCUT2D eigenvalue weighted by Crippen LogP contribution is 2.15. The van der Waals surface area contributed by atoms with E-state index in [0.29, 0.717) is 6.04 Å².